The second-order valence-corrected chi connectivity index (χ2v) is 5.43. The van der Waals surface area contributed by atoms with E-state index in [0.29, 0.717) is 11.2 Å². The molecule has 1 fully saturated rings. The van der Waals surface area contributed by atoms with Crippen LogP contribution in [0.5, 0.6) is 0 Å². The summed E-state index contributed by atoms with van der Waals surface area (Å²) in [5.41, 5.74) is 11.9. The number of guanidine groups is 1. The number of nitrogens with zero attached hydrogens (tertiary/aromatic N) is 2. The molecule has 1 aliphatic carbocycles. The number of rotatable bonds is 3. The van der Waals surface area contributed by atoms with E-state index < -0.39 is 0 Å². The second-order valence-electron chi connectivity index (χ2n) is 4.49. The first-order valence-corrected chi connectivity index (χ1v) is 7.01. The molecule has 0 atom stereocenters. The molecule has 4 nitrogen and oxygen atoms in total. The molecule has 0 amide bonds. The summed E-state index contributed by atoms with van der Waals surface area (Å²) in [6.45, 7) is 5.85. The van der Waals surface area contributed by atoms with Gasteiger partial charge in [0.15, 0.2) is 11.1 Å². The lowest BCUT2D eigenvalue weighted by molar-refractivity contribution is 0.444. The topological polar surface area (TPSA) is 76.8 Å². The molecule has 96 valence electrons. The number of thioether (sulfide) groups is 1. The Hall–Kier alpha value is -0.970. The molecule has 0 aromatic carbocycles. The van der Waals surface area contributed by atoms with Gasteiger partial charge in [0.1, 0.15) is 0 Å². The first-order valence-electron chi connectivity index (χ1n) is 6.02. The van der Waals surface area contributed by atoms with Gasteiger partial charge in [-0.25, -0.2) is 0 Å². The SMILES string of the molecule is C=C(C)CSC(N=C(N)N)=NC1CCCCC1. The van der Waals surface area contributed by atoms with E-state index in [9.17, 15) is 0 Å². The van der Waals surface area contributed by atoms with Crippen LogP contribution in [0.3, 0.4) is 0 Å². The molecule has 1 aliphatic rings. The van der Waals surface area contributed by atoms with Crippen LogP contribution in [0.15, 0.2) is 22.1 Å². The molecule has 0 saturated heterocycles. The second kappa shape index (κ2) is 7.37. The van der Waals surface area contributed by atoms with E-state index in [1.54, 1.807) is 11.8 Å². The van der Waals surface area contributed by atoms with E-state index in [2.05, 4.69) is 16.6 Å². The highest BCUT2D eigenvalue weighted by Crippen LogP contribution is 2.22. The quantitative estimate of drug-likeness (QED) is 0.461. The lowest BCUT2D eigenvalue weighted by Gasteiger charge is -2.18. The van der Waals surface area contributed by atoms with Crippen LogP contribution in [-0.2, 0) is 0 Å². The van der Waals surface area contributed by atoms with Crippen LogP contribution < -0.4 is 11.5 Å². The number of amidine groups is 1. The summed E-state index contributed by atoms with van der Waals surface area (Å²) in [6.07, 6.45) is 6.14. The average molecular weight is 254 g/mol. The van der Waals surface area contributed by atoms with Gasteiger partial charge in [0.25, 0.3) is 0 Å². The predicted octanol–water partition coefficient (Wildman–Crippen LogP) is 2.26. The van der Waals surface area contributed by atoms with Gasteiger partial charge in [-0.1, -0.05) is 43.2 Å². The summed E-state index contributed by atoms with van der Waals surface area (Å²) in [7, 11) is 0. The van der Waals surface area contributed by atoms with Crippen molar-refractivity contribution in [3.63, 3.8) is 0 Å². The third-order valence-electron chi connectivity index (χ3n) is 2.54. The van der Waals surface area contributed by atoms with Crippen LogP contribution in [0.25, 0.3) is 0 Å². The average Bonchev–Trinajstić information content (AvgIpc) is 2.26. The van der Waals surface area contributed by atoms with Gasteiger partial charge in [0, 0.05) is 5.75 Å². The van der Waals surface area contributed by atoms with Crippen molar-refractivity contribution < 1.29 is 0 Å². The fraction of sp³-hybridized carbons (Fsp3) is 0.667. The Bertz CT molecular complexity index is 312. The largest absolute Gasteiger partial charge is 0.370 e. The van der Waals surface area contributed by atoms with Crippen molar-refractivity contribution in [2.45, 2.75) is 45.1 Å². The molecule has 0 aromatic heterocycles. The number of aliphatic imine (C=N–C) groups is 2. The predicted molar refractivity (Wildman–Crippen MR) is 77.4 cm³/mol. The van der Waals surface area contributed by atoms with Crippen molar-refractivity contribution in [2.24, 2.45) is 21.5 Å². The Balaban J connectivity index is 2.62. The monoisotopic (exact) mass is 254 g/mol. The molecule has 1 rings (SSSR count). The van der Waals surface area contributed by atoms with Crippen molar-refractivity contribution in [3.8, 4) is 0 Å². The van der Waals surface area contributed by atoms with Gasteiger partial charge in [0.05, 0.1) is 6.04 Å². The maximum atomic E-state index is 5.42. The number of nitrogens with two attached hydrogens (primary N) is 2. The smallest absolute Gasteiger partial charge is 0.193 e. The first-order chi connectivity index (χ1) is 8.08. The summed E-state index contributed by atoms with van der Waals surface area (Å²) in [5.74, 6) is 0.885. The number of hydrogen-bond donors (Lipinski definition) is 2. The Kier molecular flexibility index (Phi) is 6.11. The van der Waals surface area contributed by atoms with E-state index in [0.717, 1.165) is 24.2 Å². The van der Waals surface area contributed by atoms with E-state index >= 15 is 0 Å². The van der Waals surface area contributed by atoms with Crippen molar-refractivity contribution in [3.05, 3.63) is 12.2 Å². The zero-order chi connectivity index (χ0) is 12.7. The van der Waals surface area contributed by atoms with Crippen molar-refractivity contribution >= 4 is 22.9 Å². The fourth-order valence-electron chi connectivity index (χ4n) is 1.76. The Morgan fingerprint density at radius 3 is 2.47 bits per heavy atom. The molecule has 0 unspecified atom stereocenters. The van der Waals surface area contributed by atoms with Crippen LogP contribution in [-0.4, -0.2) is 22.9 Å². The van der Waals surface area contributed by atoms with Gasteiger partial charge in [0.2, 0.25) is 0 Å². The van der Waals surface area contributed by atoms with Gasteiger partial charge >= 0.3 is 0 Å². The molecule has 5 heteroatoms. The molecule has 0 spiro atoms. The zero-order valence-corrected chi connectivity index (χ0v) is 11.3. The van der Waals surface area contributed by atoms with Crippen LogP contribution in [0, 0.1) is 0 Å². The molecule has 0 radical (unpaired) electrons. The van der Waals surface area contributed by atoms with E-state index in [4.69, 9.17) is 11.5 Å². The summed E-state index contributed by atoms with van der Waals surface area (Å²) < 4.78 is 0. The highest BCUT2D eigenvalue weighted by atomic mass is 32.2. The molecule has 0 bridgehead atoms. The van der Waals surface area contributed by atoms with Gasteiger partial charge in [-0.2, -0.15) is 4.99 Å². The molecular weight excluding hydrogens is 232 g/mol. The molecule has 17 heavy (non-hydrogen) atoms. The van der Waals surface area contributed by atoms with Crippen LogP contribution >= 0.6 is 11.8 Å². The van der Waals surface area contributed by atoms with Crippen molar-refractivity contribution in [2.75, 3.05) is 5.75 Å². The van der Waals surface area contributed by atoms with Gasteiger partial charge in [-0.05, 0) is 19.8 Å². The molecule has 0 heterocycles. The minimum atomic E-state index is 0.0776. The van der Waals surface area contributed by atoms with Crippen LogP contribution in [0.4, 0.5) is 0 Å². The highest BCUT2D eigenvalue weighted by Gasteiger charge is 2.13. The normalized spacial score (nSPS) is 17.8. The third kappa shape index (κ3) is 6.36. The minimum absolute atomic E-state index is 0.0776. The lowest BCUT2D eigenvalue weighted by Crippen LogP contribution is -2.24. The van der Waals surface area contributed by atoms with Gasteiger partial charge in [-0.15, -0.1) is 0 Å². The summed E-state index contributed by atoms with van der Waals surface area (Å²) in [6, 6.07) is 0.388. The molecule has 4 N–H and O–H groups in total. The van der Waals surface area contributed by atoms with Crippen LogP contribution in [0.1, 0.15) is 39.0 Å². The highest BCUT2D eigenvalue weighted by molar-refractivity contribution is 8.14. The van der Waals surface area contributed by atoms with Crippen molar-refractivity contribution in [1.82, 2.24) is 0 Å². The lowest BCUT2D eigenvalue weighted by atomic mass is 9.96. The molecule has 0 aromatic rings. The van der Waals surface area contributed by atoms with E-state index in [1.807, 2.05) is 6.92 Å². The van der Waals surface area contributed by atoms with Gasteiger partial charge < -0.3 is 11.5 Å². The Morgan fingerprint density at radius 2 is 1.94 bits per heavy atom. The summed E-state index contributed by atoms with van der Waals surface area (Å²) in [4.78, 5) is 8.73. The van der Waals surface area contributed by atoms with Crippen LogP contribution in [0.2, 0.25) is 0 Å². The fourth-order valence-corrected chi connectivity index (χ4v) is 2.53. The third-order valence-corrected chi connectivity index (χ3v) is 3.63. The van der Waals surface area contributed by atoms with E-state index in [1.165, 1.54) is 19.3 Å². The Morgan fingerprint density at radius 1 is 1.29 bits per heavy atom. The summed E-state index contributed by atoms with van der Waals surface area (Å²) >= 11 is 1.55. The zero-order valence-electron chi connectivity index (χ0n) is 10.5. The van der Waals surface area contributed by atoms with Gasteiger partial charge in [-0.3, -0.25) is 4.99 Å². The number of hydrogen-bond acceptors (Lipinski definition) is 2. The van der Waals surface area contributed by atoms with E-state index in [-0.39, 0.29) is 5.96 Å². The molecule has 0 aliphatic heterocycles. The maximum Gasteiger partial charge on any atom is 0.193 e. The first kappa shape index (κ1) is 14.1. The van der Waals surface area contributed by atoms with Crippen molar-refractivity contribution in [1.29, 1.82) is 0 Å². The maximum absolute atomic E-state index is 5.42. The minimum Gasteiger partial charge on any atom is -0.370 e. The molecular formula is C12H22N4S. The Labute approximate surface area is 108 Å². The molecule has 1 saturated carbocycles. The standard InChI is InChI=1S/C12H22N4S/c1-9(2)8-17-12(16-11(13)14)15-10-6-4-3-5-7-10/h10H,1,3-8H2,2H3,(H4,13,14,15,16). The summed E-state index contributed by atoms with van der Waals surface area (Å²) in [5, 5.41) is 0.694.